The average Bonchev–Trinajstić information content (AvgIpc) is 2.33. The molecule has 1 aromatic heterocycles. The van der Waals surface area contributed by atoms with E-state index in [0.717, 1.165) is 6.54 Å². The number of rotatable bonds is 1. The molecular formula is C12H18ClN3O2. The molecule has 1 fully saturated rings. The molecule has 0 bridgehead atoms. The fourth-order valence-electron chi connectivity index (χ4n) is 2.05. The number of piperazine rings is 1. The van der Waals surface area contributed by atoms with E-state index in [2.05, 4.69) is 17.2 Å². The lowest BCUT2D eigenvalue weighted by Crippen LogP contribution is -2.57. The molecule has 2 heterocycles. The van der Waals surface area contributed by atoms with Crippen LogP contribution in [0.3, 0.4) is 0 Å². The number of nitrogens with one attached hydrogen (secondary N) is 2. The zero-order chi connectivity index (χ0) is 12.4. The number of carbonyl (C=O) groups is 1. The average molecular weight is 272 g/mol. The second-order valence-corrected chi connectivity index (χ2v) is 4.42. The number of nitrogens with zero attached hydrogens (tertiary/aromatic N) is 1. The van der Waals surface area contributed by atoms with Gasteiger partial charge in [-0.2, -0.15) is 0 Å². The van der Waals surface area contributed by atoms with E-state index in [1.807, 2.05) is 11.8 Å². The molecule has 1 aromatic rings. The molecule has 2 rings (SSSR count). The molecule has 2 unspecified atom stereocenters. The Morgan fingerprint density at radius 2 is 2.11 bits per heavy atom. The van der Waals surface area contributed by atoms with E-state index < -0.39 is 0 Å². The number of hydrogen-bond donors (Lipinski definition) is 2. The summed E-state index contributed by atoms with van der Waals surface area (Å²) in [7, 11) is 0. The van der Waals surface area contributed by atoms with Gasteiger partial charge in [0.05, 0.1) is 5.56 Å². The van der Waals surface area contributed by atoms with Crippen molar-refractivity contribution in [1.29, 1.82) is 0 Å². The largest absolute Gasteiger partial charge is 0.333 e. The van der Waals surface area contributed by atoms with Crippen LogP contribution in [-0.4, -0.2) is 41.0 Å². The highest BCUT2D eigenvalue weighted by atomic mass is 35.5. The topological polar surface area (TPSA) is 65.2 Å². The lowest BCUT2D eigenvalue weighted by Gasteiger charge is -2.38. The van der Waals surface area contributed by atoms with E-state index in [9.17, 15) is 9.59 Å². The molecule has 2 atom stereocenters. The fraction of sp³-hybridized carbons (Fsp3) is 0.500. The maximum absolute atomic E-state index is 12.2. The molecule has 1 aliphatic heterocycles. The van der Waals surface area contributed by atoms with Crippen LogP contribution in [0.4, 0.5) is 0 Å². The number of carbonyl (C=O) groups excluding carboxylic acids is 1. The molecular weight excluding hydrogens is 254 g/mol. The summed E-state index contributed by atoms with van der Waals surface area (Å²) in [5.41, 5.74) is 0.342. The molecule has 2 N–H and O–H groups in total. The van der Waals surface area contributed by atoms with Crippen molar-refractivity contribution in [1.82, 2.24) is 15.2 Å². The van der Waals surface area contributed by atoms with Crippen LogP contribution in [0.1, 0.15) is 24.2 Å². The van der Waals surface area contributed by atoms with Crippen LogP contribution in [0.25, 0.3) is 0 Å². The molecule has 0 spiro atoms. The molecule has 0 saturated carbocycles. The molecule has 18 heavy (non-hydrogen) atoms. The Kier molecular flexibility index (Phi) is 4.93. The first kappa shape index (κ1) is 14.7. The van der Waals surface area contributed by atoms with Gasteiger partial charge in [0.2, 0.25) is 5.56 Å². The Labute approximate surface area is 112 Å². The van der Waals surface area contributed by atoms with Gasteiger partial charge >= 0.3 is 0 Å². The highest BCUT2D eigenvalue weighted by molar-refractivity contribution is 5.94. The monoisotopic (exact) mass is 271 g/mol. The van der Waals surface area contributed by atoms with Crippen molar-refractivity contribution in [2.45, 2.75) is 25.9 Å². The number of hydrogen-bond acceptors (Lipinski definition) is 3. The van der Waals surface area contributed by atoms with Gasteiger partial charge in [-0.15, -0.1) is 12.4 Å². The predicted molar refractivity (Wildman–Crippen MR) is 72.3 cm³/mol. The van der Waals surface area contributed by atoms with E-state index in [0.29, 0.717) is 12.1 Å². The molecule has 100 valence electrons. The van der Waals surface area contributed by atoms with Gasteiger partial charge < -0.3 is 15.2 Å². The third-order valence-corrected chi connectivity index (χ3v) is 3.33. The predicted octanol–water partition coefficient (Wildman–Crippen LogP) is 0.619. The van der Waals surface area contributed by atoms with Crippen LogP contribution in [0.5, 0.6) is 0 Å². The number of pyridine rings is 1. The molecule has 0 aliphatic carbocycles. The van der Waals surface area contributed by atoms with Crippen LogP contribution in [0.2, 0.25) is 0 Å². The number of aromatic nitrogens is 1. The minimum absolute atomic E-state index is 0. The van der Waals surface area contributed by atoms with Crippen molar-refractivity contribution in [2.75, 3.05) is 13.1 Å². The summed E-state index contributed by atoms with van der Waals surface area (Å²) < 4.78 is 0. The first-order valence-electron chi connectivity index (χ1n) is 5.82. The highest BCUT2D eigenvalue weighted by Gasteiger charge is 2.28. The lowest BCUT2D eigenvalue weighted by atomic mass is 10.1. The lowest BCUT2D eigenvalue weighted by molar-refractivity contribution is 0.0602. The SMILES string of the molecule is CC1NCCN(C(=O)c2ccc(=O)[nH]c2)C1C.Cl. The Morgan fingerprint density at radius 3 is 2.72 bits per heavy atom. The van der Waals surface area contributed by atoms with Crippen molar-refractivity contribution in [3.05, 3.63) is 34.2 Å². The summed E-state index contributed by atoms with van der Waals surface area (Å²) in [6.45, 7) is 5.60. The number of amides is 1. The second-order valence-electron chi connectivity index (χ2n) is 4.42. The van der Waals surface area contributed by atoms with Crippen LogP contribution in [0, 0.1) is 0 Å². The van der Waals surface area contributed by atoms with E-state index in [1.54, 1.807) is 6.07 Å². The summed E-state index contributed by atoms with van der Waals surface area (Å²) in [6.07, 6.45) is 1.48. The highest BCUT2D eigenvalue weighted by Crippen LogP contribution is 2.12. The van der Waals surface area contributed by atoms with Crippen molar-refractivity contribution in [3.63, 3.8) is 0 Å². The van der Waals surface area contributed by atoms with E-state index in [4.69, 9.17) is 0 Å². The minimum Gasteiger partial charge on any atom is -0.333 e. The van der Waals surface area contributed by atoms with Gasteiger partial charge in [-0.3, -0.25) is 9.59 Å². The summed E-state index contributed by atoms with van der Waals surface area (Å²) in [5, 5.41) is 3.33. The van der Waals surface area contributed by atoms with E-state index >= 15 is 0 Å². The third kappa shape index (κ3) is 2.91. The van der Waals surface area contributed by atoms with Crippen LogP contribution in [0.15, 0.2) is 23.1 Å². The Morgan fingerprint density at radius 1 is 1.39 bits per heavy atom. The Bertz CT molecular complexity index is 454. The summed E-state index contributed by atoms with van der Waals surface area (Å²) >= 11 is 0. The Balaban J connectivity index is 0.00000162. The van der Waals surface area contributed by atoms with Gasteiger partial charge in [0.25, 0.3) is 5.91 Å². The van der Waals surface area contributed by atoms with Crippen molar-refractivity contribution in [3.8, 4) is 0 Å². The normalized spacial score (nSPS) is 23.3. The molecule has 1 aliphatic rings. The van der Waals surface area contributed by atoms with Crippen molar-refractivity contribution < 1.29 is 4.79 Å². The molecule has 0 radical (unpaired) electrons. The molecule has 0 aromatic carbocycles. The second kappa shape index (κ2) is 6.02. The van der Waals surface area contributed by atoms with Gasteiger partial charge in [0.1, 0.15) is 0 Å². The molecule has 5 nitrogen and oxygen atoms in total. The molecule has 6 heteroatoms. The van der Waals surface area contributed by atoms with E-state index in [-0.39, 0.29) is 36.0 Å². The zero-order valence-electron chi connectivity index (χ0n) is 10.5. The van der Waals surface area contributed by atoms with Crippen molar-refractivity contribution in [2.24, 2.45) is 0 Å². The van der Waals surface area contributed by atoms with Crippen LogP contribution in [-0.2, 0) is 0 Å². The first-order chi connectivity index (χ1) is 8.09. The van der Waals surface area contributed by atoms with Gasteiger partial charge in [-0.25, -0.2) is 0 Å². The molecule has 1 saturated heterocycles. The number of aromatic amines is 1. The maximum atomic E-state index is 12.2. The smallest absolute Gasteiger partial charge is 0.255 e. The number of H-pyrrole nitrogens is 1. The Hall–Kier alpha value is -1.33. The maximum Gasteiger partial charge on any atom is 0.255 e. The van der Waals surface area contributed by atoms with E-state index in [1.165, 1.54) is 12.3 Å². The summed E-state index contributed by atoms with van der Waals surface area (Å²) in [6, 6.07) is 3.39. The summed E-state index contributed by atoms with van der Waals surface area (Å²) in [4.78, 5) is 27.6. The minimum atomic E-state index is -0.191. The van der Waals surface area contributed by atoms with Gasteiger partial charge in [0, 0.05) is 37.4 Å². The van der Waals surface area contributed by atoms with Crippen LogP contribution < -0.4 is 10.9 Å². The standard InChI is InChI=1S/C12H17N3O2.ClH/c1-8-9(2)15(6-5-13-8)12(17)10-3-4-11(16)14-7-10;/h3-4,7-9,13H,5-6H2,1-2H3,(H,14,16);1H. The molecule has 1 amide bonds. The quantitative estimate of drug-likeness (QED) is 0.787. The van der Waals surface area contributed by atoms with Crippen LogP contribution >= 0.6 is 12.4 Å². The zero-order valence-corrected chi connectivity index (χ0v) is 11.3. The fourth-order valence-corrected chi connectivity index (χ4v) is 2.05. The van der Waals surface area contributed by atoms with Gasteiger partial charge in [-0.05, 0) is 19.9 Å². The van der Waals surface area contributed by atoms with Gasteiger partial charge in [-0.1, -0.05) is 0 Å². The number of halogens is 1. The summed E-state index contributed by atoms with van der Waals surface area (Å²) in [5.74, 6) is -0.0258. The van der Waals surface area contributed by atoms with Gasteiger partial charge in [0.15, 0.2) is 0 Å². The van der Waals surface area contributed by atoms with Crippen molar-refractivity contribution >= 4 is 18.3 Å². The first-order valence-corrected chi connectivity index (χ1v) is 5.82. The third-order valence-electron chi connectivity index (χ3n) is 3.33.